The van der Waals surface area contributed by atoms with E-state index >= 15 is 0 Å². The van der Waals surface area contributed by atoms with Crippen molar-refractivity contribution >= 4 is 38.6 Å². The second-order valence-corrected chi connectivity index (χ2v) is 6.33. The number of para-hydroxylation sites is 1. The number of hydrogen-bond acceptors (Lipinski definition) is 6. The number of ether oxygens (including phenoxy) is 1. The van der Waals surface area contributed by atoms with Gasteiger partial charge in [-0.15, -0.1) is 0 Å². The van der Waals surface area contributed by atoms with Crippen LogP contribution in [-0.2, 0) is 14.3 Å². The van der Waals surface area contributed by atoms with E-state index in [-0.39, 0.29) is 0 Å². The summed E-state index contributed by atoms with van der Waals surface area (Å²) in [4.78, 5) is 28.0. The Morgan fingerprint density at radius 1 is 1.18 bits per heavy atom. The maximum atomic E-state index is 12.4. The van der Waals surface area contributed by atoms with Crippen LogP contribution in [0.5, 0.6) is 0 Å². The molecule has 4 unspecified atom stereocenters. The van der Waals surface area contributed by atoms with Crippen LogP contribution in [0.15, 0.2) is 36.4 Å². The van der Waals surface area contributed by atoms with Crippen molar-refractivity contribution in [1.29, 1.82) is 0 Å². The largest absolute Gasteiger partial charge is 0.550 e. The number of benzene rings is 1. The molecule has 0 radical (unpaired) electrons. The molecule has 1 aromatic carbocycles. The quantitative estimate of drug-likeness (QED) is 0.835. The molecule has 112 valence electrons. The summed E-state index contributed by atoms with van der Waals surface area (Å²) in [6.45, 7) is 0. The van der Waals surface area contributed by atoms with Crippen molar-refractivity contribution in [2.75, 3.05) is 5.32 Å². The van der Waals surface area contributed by atoms with Gasteiger partial charge in [0.25, 0.3) is 0 Å². The number of thiazole rings is 1. The van der Waals surface area contributed by atoms with E-state index in [4.69, 9.17) is 4.74 Å². The SMILES string of the molecule is O=C([O-])C1C2C=CC(O2)C1C(=O)Nc1nc2ccccc2s1. The molecule has 2 aliphatic rings. The number of aliphatic carboxylic acids is 1. The van der Waals surface area contributed by atoms with Crippen molar-refractivity contribution in [3.63, 3.8) is 0 Å². The second-order valence-electron chi connectivity index (χ2n) is 5.30. The van der Waals surface area contributed by atoms with E-state index in [2.05, 4.69) is 10.3 Å². The lowest BCUT2D eigenvalue weighted by Gasteiger charge is -2.24. The summed E-state index contributed by atoms with van der Waals surface area (Å²) < 4.78 is 6.42. The van der Waals surface area contributed by atoms with Gasteiger partial charge in [-0.2, -0.15) is 0 Å². The monoisotopic (exact) mass is 315 g/mol. The summed E-state index contributed by atoms with van der Waals surface area (Å²) in [5.74, 6) is -3.40. The minimum absolute atomic E-state index is 0.398. The molecule has 3 heterocycles. The maximum Gasteiger partial charge on any atom is 0.233 e. The third kappa shape index (κ3) is 2.01. The summed E-state index contributed by atoms with van der Waals surface area (Å²) in [6.07, 6.45) is 2.31. The summed E-state index contributed by atoms with van der Waals surface area (Å²) in [5, 5.41) is 14.4. The first-order valence-corrected chi connectivity index (χ1v) is 7.66. The first-order valence-electron chi connectivity index (χ1n) is 6.84. The number of nitrogens with zero attached hydrogens (tertiary/aromatic N) is 1. The molecule has 2 bridgehead atoms. The van der Waals surface area contributed by atoms with Crippen LogP contribution in [0.2, 0.25) is 0 Å². The van der Waals surface area contributed by atoms with Gasteiger partial charge in [0.1, 0.15) is 0 Å². The Morgan fingerprint density at radius 2 is 1.91 bits per heavy atom. The number of fused-ring (bicyclic) bond motifs is 3. The molecule has 6 nitrogen and oxygen atoms in total. The second kappa shape index (κ2) is 4.89. The highest BCUT2D eigenvalue weighted by atomic mass is 32.1. The lowest BCUT2D eigenvalue weighted by molar-refractivity contribution is -0.313. The van der Waals surface area contributed by atoms with E-state index in [1.54, 1.807) is 12.2 Å². The summed E-state index contributed by atoms with van der Waals surface area (Å²) >= 11 is 1.35. The number of amides is 1. The van der Waals surface area contributed by atoms with Gasteiger partial charge in [-0.05, 0) is 12.1 Å². The fraction of sp³-hybridized carbons (Fsp3) is 0.267. The lowest BCUT2D eigenvalue weighted by atomic mass is 9.82. The molecule has 4 atom stereocenters. The van der Waals surface area contributed by atoms with Gasteiger partial charge in [-0.3, -0.25) is 4.79 Å². The van der Waals surface area contributed by atoms with Crippen LogP contribution in [0.1, 0.15) is 0 Å². The van der Waals surface area contributed by atoms with Gasteiger partial charge in [0.15, 0.2) is 5.13 Å². The molecule has 4 rings (SSSR count). The van der Waals surface area contributed by atoms with Gasteiger partial charge in [0.2, 0.25) is 5.91 Å². The summed E-state index contributed by atoms with van der Waals surface area (Å²) in [7, 11) is 0. The van der Waals surface area contributed by atoms with Gasteiger partial charge >= 0.3 is 0 Å². The third-order valence-electron chi connectivity index (χ3n) is 4.00. The fourth-order valence-electron chi connectivity index (χ4n) is 3.02. The van der Waals surface area contributed by atoms with Crippen LogP contribution in [0.3, 0.4) is 0 Å². The number of rotatable bonds is 3. The summed E-state index contributed by atoms with van der Waals surface area (Å²) in [5.41, 5.74) is 0.795. The van der Waals surface area contributed by atoms with Gasteiger partial charge < -0.3 is 20.0 Å². The number of carboxylic acids is 1. The molecule has 7 heteroatoms. The van der Waals surface area contributed by atoms with E-state index in [1.807, 2.05) is 24.3 Å². The van der Waals surface area contributed by atoms with Crippen molar-refractivity contribution in [3.8, 4) is 0 Å². The van der Waals surface area contributed by atoms with Crippen LogP contribution in [0.4, 0.5) is 5.13 Å². The Hall–Kier alpha value is -2.25. The minimum Gasteiger partial charge on any atom is -0.550 e. The molecule has 1 amide bonds. The number of aromatic nitrogens is 1. The van der Waals surface area contributed by atoms with Crippen molar-refractivity contribution in [2.45, 2.75) is 12.2 Å². The van der Waals surface area contributed by atoms with E-state index < -0.39 is 35.9 Å². The number of carbonyl (C=O) groups excluding carboxylic acids is 2. The molecule has 0 saturated carbocycles. The average Bonchev–Trinajstić information content (AvgIpc) is 3.19. The molecule has 2 aromatic rings. The third-order valence-corrected chi connectivity index (χ3v) is 4.95. The lowest BCUT2D eigenvalue weighted by Crippen LogP contribution is -2.45. The Kier molecular flexibility index (Phi) is 2.98. The maximum absolute atomic E-state index is 12.4. The molecule has 0 spiro atoms. The average molecular weight is 315 g/mol. The predicted molar refractivity (Wildman–Crippen MR) is 78.0 cm³/mol. The number of nitrogens with one attached hydrogen (secondary N) is 1. The Labute approximate surface area is 129 Å². The smallest absolute Gasteiger partial charge is 0.233 e. The fourth-order valence-corrected chi connectivity index (χ4v) is 3.88. The van der Waals surface area contributed by atoms with E-state index in [0.29, 0.717) is 5.13 Å². The van der Waals surface area contributed by atoms with E-state index in [0.717, 1.165) is 10.2 Å². The highest BCUT2D eigenvalue weighted by Gasteiger charge is 2.50. The highest BCUT2D eigenvalue weighted by Crippen LogP contribution is 2.39. The standard InChI is InChI=1S/C15H12N2O4S/c18-13(11-8-5-6-9(21-8)12(11)14(19)20)17-15-16-7-3-1-2-4-10(7)22-15/h1-6,8-9,11-12H,(H,19,20)(H,16,17,18)/p-1. The molecule has 1 saturated heterocycles. The van der Waals surface area contributed by atoms with Gasteiger partial charge in [-0.1, -0.05) is 35.6 Å². The Bertz CT molecular complexity index is 767. The predicted octanol–water partition coefficient (Wildman–Crippen LogP) is 0.554. The molecule has 0 aliphatic carbocycles. The normalized spacial score (nSPS) is 29.1. The topological polar surface area (TPSA) is 91.4 Å². The molecule has 22 heavy (non-hydrogen) atoms. The van der Waals surface area contributed by atoms with Gasteiger partial charge in [0, 0.05) is 11.9 Å². The van der Waals surface area contributed by atoms with Gasteiger partial charge in [0.05, 0.1) is 28.3 Å². The molecule has 1 fully saturated rings. The minimum atomic E-state index is -1.26. The number of carboxylic acid groups (broad SMARTS) is 1. The first kappa shape index (κ1) is 13.4. The van der Waals surface area contributed by atoms with Gasteiger partial charge in [-0.25, -0.2) is 4.98 Å². The van der Waals surface area contributed by atoms with Crippen LogP contribution in [0.25, 0.3) is 10.2 Å². The van der Waals surface area contributed by atoms with Crippen LogP contribution < -0.4 is 10.4 Å². The molecule has 2 aliphatic heterocycles. The highest BCUT2D eigenvalue weighted by molar-refractivity contribution is 7.22. The zero-order valence-electron chi connectivity index (χ0n) is 11.3. The number of carbonyl (C=O) groups is 2. The van der Waals surface area contributed by atoms with Crippen molar-refractivity contribution in [3.05, 3.63) is 36.4 Å². The first-order chi connectivity index (χ1) is 10.6. The zero-order valence-corrected chi connectivity index (χ0v) is 12.1. The molecule has 1 N–H and O–H groups in total. The number of hydrogen-bond donors (Lipinski definition) is 1. The van der Waals surface area contributed by atoms with Crippen molar-refractivity contribution < 1.29 is 19.4 Å². The molecule has 1 aromatic heterocycles. The van der Waals surface area contributed by atoms with Crippen LogP contribution in [0, 0.1) is 11.8 Å². The van der Waals surface area contributed by atoms with Crippen molar-refractivity contribution in [1.82, 2.24) is 4.98 Å². The van der Waals surface area contributed by atoms with E-state index in [9.17, 15) is 14.7 Å². The Morgan fingerprint density at radius 3 is 2.64 bits per heavy atom. The molecular weight excluding hydrogens is 304 g/mol. The van der Waals surface area contributed by atoms with Crippen LogP contribution >= 0.6 is 11.3 Å². The van der Waals surface area contributed by atoms with Crippen LogP contribution in [-0.4, -0.2) is 29.1 Å². The molecular formula is C15H11N2O4S-. The summed E-state index contributed by atoms with van der Waals surface area (Å²) in [6, 6.07) is 7.53. The van der Waals surface area contributed by atoms with Crippen molar-refractivity contribution in [2.24, 2.45) is 11.8 Å². The Balaban J connectivity index is 1.59. The van der Waals surface area contributed by atoms with E-state index in [1.165, 1.54) is 11.3 Å². The number of anilines is 1. The zero-order chi connectivity index (χ0) is 15.3.